The van der Waals surface area contributed by atoms with Gasteiger partial charge in [-0.2, -0.15) is 4.99 Å². The minimum absolute atomic E-state index is 0.0165. The Morgan fingerprint density at radius 1 is 0.781 bits per heavy atom. The van der Waals surface area contributed by atoms with Gasteiger partial charge in [0.2, 0.25) is 11.8 Å². The van der Waals surface area contributed by atoms with Crippen LogP contribution < -0.4 is 5.32 Å². The summed E-state index contributed by atoms with van der Waals surface area (Å²) in [5, 5.41) is 2.73. The number of aromatic amines is 2. The first-order valence-electron chi connectivity index (χ1n) is 22.8. The van der Waals surface area contributed by atoms with Crippen molar-refractivity contribution in [3.05, 3.63) is 71.6 Å². The predicted octanol–water partition coefficient (Wildman–Crippen LogP) is 8.58. The lowest BCUT2D eigenvalue weighted by atomic mass is 9.82. The van der Waals surface area contributed by atoms with E-state index in [9.17, 15) is 19.2 Å². The molecule has 8 rings (SSSR count). The molecule has 3 N–H and O–H groups in total. The number of methoxy groups -OCH3 is 3. The fourth-order valence-electron chi connectivity index (χ4n) is 10.8. The highest BCUT2D eigenvalue weighted by Crippen LogP contribution is 2.58. The van der Waals surface area contributed by atoms with Crippen molar-refractivity contribution >= 4 is 30.2 Å². The van der Waals surface area contributed by atoms with Crippen LogP contribution in [0.1, 0.15) is 120 Å². The Labute approximate surface area is 375 Å². The van der Waals surface area contributed by atoms with Crippen molar-refractivity contribution < 1.29 is 33.4 Å². The van der Waals surface area contributed by atoms with Gasteiger partial charge in [0.05, 0.1) is 62.6 Å². The first-order valence-corrected chi connectivity index (χ1v) is 22.8. The monoisotopic (exact) mass is 874 g/mol. The molecule has 3 unspecified atom stereocenters. The maximum absolute atomic E-state index is 14.1. The molecule has 3 fully saturated rings. The second-order valence-corrected chi connectivity index (χ2v) is 18.8. The van der Waals surface area contributed by atoms with Gasteiger partial charge in [0.25, 0.3) is 0 Å². The number of hydrogen-bond donors (Lipinski definition) is 3. The van der Waals surface area contributed by atoms with Crippen molar-refractivity contribution in [2.45, 2.75) is 109 Å². The number of likely N-dealkylation sites (tertiary alicyclic amines) is 2. The number of aliphatic imine (C=N–C) groups is 1. The third-order valence-corrected chi connectivity index (χ3v) is 14.1. The van der Waals surface area contributed by atoms with Crippen molar-refractivity contribution in [2.24, 2.45) is 28.7 Å². The van der Waals surface area contributed by atoms with Crippen molar-refractivity contribution in [1.29, 1.82) is 0 Å². The first kappa shape index (κ1) is 44.8. The number of rotatable bonds is 13. The van der Waals surface area contributed by atoms with Gasteiger partial charge >= 0.3 is 12.2 Å². The fraction of sp³-hybridized carbons (Fsp3) is 0.531. The van der Waals surface area contributed by atoms with E-state index in [4.69, 9.17) is 24.2 Å². The summed E-state index contributed by atoms with van der Waals surface area (Å²) in [5.74, 6) is 1.57. The molecule has 4 heterocycles. The van der Waals surface area contributed by atoms with E-state index in [0.29, 0.717) is 37.2 Å². The van der Waals surface area contributed by atoms with Crippen molar-refractivity contribution in [2.75, 3.05) is 34.5 Å². The first-order chi connectivity index (χ1) is 30.8. The number of carbonyl (C=O) groups excluding carboxylic acids is 4. The molecule has 4 aromatic rings. The van der Waals surface area contributed by atoms with Crippen molar-refractivity contribution in [3.8, 4) is 33.6 Å². The van der Waals surface area contributed by atoms with Crippen LogP contribution in [-0.2, 0) is 23.8 Å². The summed E-state index contributed by atoms with van der Waals surface area (Å²) >= 11 is 0. The average molecular weight is 875 g/mol. The summed E-state index contributed by atoms with van der Waals surface area (Å²) in [6, 6.07) is 11.9. The van der Waals surface area contributed by atoms with Gasteiger partial charge in [-0.25, -0.2) is 19.6 Å². The van der Waals surface area contributed by atoms with E-state index in [1.165, 1.54) is 55.5 Å². The number of ether oxygens (including phenoxy) is 3. The van der Waals surface area contributed by atoms with E-state index in [1.54, 1.807) is 7.11 Å². The van der Waals surface area contributed by atoms with Gasteiger partial charge < -0.3 is 39.3 Å². The standard InChI is InChI=1S/C49H62N8O7/c1-26(2)36(21-52-48(60)63-7)46(58)57-28(5)9-18-39(57)44-51-23-38(54-44)35-17-16-34(41-32-14-15-33(20-32)42(35)41)30-10-12-31(13-11-30)37-22-50-45(53-37)40-19-29(25-62-6)24-56(40)47(59)43(27(3)4)55-49(61)64-8/h10-13,16-17,21-23,26-29,32-33,36,39-40,43H,9,14-15,18-20,24-25H2,1-8H3,(H,50,53)(H,51,54)(H,55,61)/b52-21+/t28-,29-,32?,33?,36?,39-,40-,43-/m0/s1. The number of imidazole rings is 2. The number of aromatic nitrogens is 4. The molecule has 64 heavy (non-hydrogen) atoms. The third kappa shape index (κ3) is 8.58. The van der Waals surface area contributed by atoms with Gasteiger partial charge in [-0.1, -0.05) is 64.1 Å². The quantitative estimate of drug-likeness (QED) is 0.111. The summed E-state index contributed by atoms with van der Waals surface area (Å²) in [4.78, 5) is 76.6. The Balaban J connectivity index is 1.03. The van der Waals surface area contributed by atoms with E-state index in [2.05, 4.69) is 63.6 Å². The molecule has 1 saturated carbocycles. The molecule has 0 spiro atoms. The number of nitrogens with zero attached hydrogens (tertiary/aromatic N) is 5. The van der Waals surface area contributed by atoms with Crippen LogP contribution in [0, 0.1) is 23.7 Å². The molecule has 340 valence electrons. The molecule has 2 aliphatic heterocycles. The molecule has 15 heteroatoms. The average Bonchev–Trinajstić information content (AvgIpc) is 4.16. The Hall–Kier alpha value is -5.83. The fourth-order valence-corrected chi connectivity index (χ4v) is 10.8. The molecular weight excluding hydrogens is 813 g/mol. The molecule has 4 amide bonds. The molecule has 4 aliphatic rings. The molecule has 2 aromatic heterocycles. The highest BCUT2D eigenvalue weighted by Gasteiger charge is 2.44. The van der Waals surface area contributed by atoms with E-state index in [-0.39, 0.29) is 47.7 Å². The highest BCUT2D eigenvalue weighted by atomic mass is 16.5. The Morgan fingerprint density at radius 3 is 2.08 bits per heavy atom. The largest absolute Gasteiger partial charge is 0.453 e. The Kier molecular flexibility index (Phi) is 13.1. The lowest BCUT2D eigenvalue weighted by Crippen LogP contribution is -2.51. The normalized spacial score (nSPS) is 23.6. The topological polar surface area (TPSA) is 184 Å². The van der Waals surface area contributed by atoms with Gasteiger partial charge in [0.15, 0.2) is 0 Å². The van der Waals surface area contributed by atoms with Crippen molar-refractivity contribution in [1.82, 2.24) is 35.1 Å². The lowest BCUT2D eigenvalue weighted by molar-refractivity contribution is -0.137. The van der Waals surface area contributed by atoms with E-state index in [0.717, 1.165) is 47.6 Å². The molecule has 2 aliphatic carbocycles. The zero-order chi connectivity index (χ0) is 45.4. The molecule has 2 aromatic carbocycles. The van der Waals surface area contributed by atoms with E-state index < -0.39 is 24.1 Å². The predicted molar refractivity (Wildman–Crippen MR) is 242 cm³/mol. The summed E-state index contributed by atoms with van der Waals surface area (Å²) in [6.07, 6.45) is 9.64. The van der Waals surface area contributed by atoms with Crippen LogP contribution in [-0.4, -0.2) is 107 Å². The van der Waals surface area contributed by atoms with Crippen LogP contribution >= 0.6 is 0 Å². The van der Waals surface area contributed by atoms with Crippen LogP contribution in [0.25, 0.3) is 33.6 Å². The Bertz CT molecular complexity index is 2390. The van der Waals surface area contributed by atoms with Gasteiger partial charge in [-0.05, 0) is 96.9 Å². The third-order valence-electron chi connectivity index (χ3n) is 14.1. The van der Waals surface area contributed by atoms with E-state index >= 15 is 0 Å². The number of carbonyl (C=O) groups is 4. The molecular formula is C49H62N8O7. The number of nitrogens with one attached hydrogen (secondary N) is 3. The molecule has 15 nitrogen and oxygen atoms in total. The minimum atomic E-state index is -0.740. The number of hydrogen-bond acceptors (Lipinski definition) is 9. The number of alkyl carbamates (subject to hydrolysis) is 1. The van der Waals surface area contributed by atoms with Crippen LogP contribution in [0.5, 0.6) is 0 Å². The van der Waals surface area contributed by atoms with Gasteiger partial charge in [-0.15, -0.1) is 0 Å². The van der Waals surface area contributed by atoms with Crippen LogP contribution in [0.2, 0.25) is 0 Å². The second-order valence-electron chi connectivity index (χ2n) is 18.8. The van der Waals surface area contributed by atoms with Gasteiger partial charge in [0, 0.05) is 37.4 Å². The zero-order valence-corrected chi connectivity index (χ0v) is 38.2. The lowest BCUT2D eigenvalue weighted by Gasteiger charge is -2.31. The summed E-state index contributed by atoms with van der Waals surface area (Å²) in [5.41, 5.74) is 9.22. The minimum Gasteiger partial charge on any atom is -0.453 e. The Morgan fingerprint density at radius 2 is 1.42 bits per heavy atom. The smallest absolute Gasteiger partial charge is 0.432 e. The number of benzene rings is 2. The maximum Gasteiger partial charge on any atom is 0.432 e. The maximum atomic E-state index is 14.1. The summed E-state index contributed by atoms with van der Waals surface area (Å²) in [7, 11) is 4.24. The van der Waals surface area contributed by atoms with Crippen LogP contribution in [0.3, 0.4) is 0 Å². The van der Waals surface area contributed by atoms with Gasteiger partial charge in [0.1, 0.15) is 17.7 Å². The molecule has 0 radical (unpaired) electrons. The van der Waals surface area contributed by atoms with Crippen LogP contribution in [0.15, 0.2) is 53.8 Å². The zero-order valence-electron chi connectivity index (χ0n) is 38.2. The number of H-pyrrole nitrogens is 2. The molecule has 2 saturated heterocycles. The van der Waals surface area contributed by atoms with E-state index in [1.807, 2.05) is 49.9 Å². The molecule has 8 atom stereocenters. The van der Waals surface area contributed by atoms with Crippen molar-refractivity contribution in [3.63, 3.8) is 0 Å². The van der Waals surface area contributed by atoms with Gasteiger partial charge in [-0.3, -0.25) is 9.59 Å². The SMILES string of the molecule is COC[C@H]1C[C@@H](c2ncc(-c3ccc(-c4ccc(-c5cnc([C@@H]6CC[C@H](C)N6C(=O)C(/C=N/C(=O)OC)C(C)C)[nH]5)c5c4C4CCC5C4)cc3)[nH]2)N(C(=O)[C@@H](NC(=O)OC)C(C)C)C1. The number of amides is 4. The highest BCUT2D eigenvalue weighted by molar-refractivity contribution is 5.97. The molecule has 2 bridgehead atoms. The summed E-state index contributed by atoms with van der Waals surface area (Å²) in [6.45, 7) is 10.8. The second kappa shape index (κ2) is 18.7. The van der Waals surface area contributed by atoms with Crippen LogP contribution in [0.4, 0.5) is 9.59 Å². The summed E-state index contributed by atoms with van der Waals surface area (Å²) < 4.78 is 15.0. The number of fused-ring (bicyclic) bond motifs is 5.